The fourth-order valence-electron chi connectivity index (χ4n) is 2.37. The molecule has 2 aromatic carbocycles. The summed E-state index contributed by atoms with van der Waals surface area (Å²) in [7, 11) is -3.83. The summed E-state index contributed by atoms with van der Waals surface area (Å²) in [5, 5.41) is 1.63. The van der Waals surface area contributed by atoms with E-state index in [0.29, 0.717) is 0 Å². The molecule has 0 saturated heterocycles. The van der Waals surface area contributed by atoms with Gasteiger partial charge in [-0.15, -0.1) is 0 Å². The molecule has 2 N–H and O–H groups in total. The minimum atomic E-state index is -4.75. The van der Waals surface area contributed by atoms with Gasteiger partial charge in [-0.05, 0) is 31.2 Å². The average Bonchev–Trinajstić information content (AvgIpc) is 2.67. The zero-order chi connectivity index (χ0) is 23.2. The van der Waals surface area contributed by atoms with E-state index >= 15 is 0 Å². The van der Waals surface area contributed by atoms with E-state index in [2.05, 4.69) is 9.46 Å². The van der Waals surface area contributed by atoms with E-state index in [0.717, 1.165) is 17.7 Å². The van der Waals surface area contributed by atoms with Crippen LogP contribution in [-0.4, -0.2) is 33.4 Å². The van der Waals surface area contributed by atoms with Gasteiger partial charge in [-0.3, -0.25) is 9.59 Å². The smallest absolute Gasteiger partial charge is 0.418 e. The molecule has 0 radical (unpaired) electrons. The summed E-state index contributed by atoms with van der Waals surface area (Å²) in [5.74, 6) is -1.95. The molecule has 0 heterocycles. The summed E-state index contributed by atoms with van der Waals surface area (Å²) in [6.45, 7) is 0.636. The molecule has 0 fully saturated rings. The van der Waals surface area contributed by atoms with Gasteiger partial charge in [0.25, 0.3) is 5.91 Å². The Balaban J connectivity index is 1.84. The molecule has 0 aromatic heterocycles. The van der Waals surface area contributed by atoms with E-state index in [1.807, 2.05) is 5.32 Å². The van der Waals surface area contributed by atoms with Gasteiger partial charge in [0.05, 0.1) is 27.6 Å². The van der Waals surface area contributed by atoms with E-state index in [4.69, 9.17) is 11.6 Å². The van der Waals surface area contributed by atoms with Crippen molar-refractivity contribution in [2.45, 2.75) is 24.4 Å². The highest BCUT2D eigenvalue weighted by molar-refractivity contribution is 7.89. The number of aryl methyl sites for hydroxylation is 1. The number of hydrogen-bond donors (Lipinski definition) is 2. The minimum Gasteiger partial charge on any atom is -0.456 e. The number of benzene rings is 2. The van der Waals surface area contributed by atoms with E-state index in [9.17, 15) is 31.2 Å². The molecular weight excluding hydrogens is 461 g/mol. The largest absolute Gasteiger partial charge is 0.456 e. The second-order valence-electron chi connectivity index (χ2n) is 6.33. The first-order valence-electron chi connectivity index (χ1n) is 8.77. The van der Waals surface area contributed by atoms with Crippen LogP contribution in [0.2, 0.25) is 5.02 Å². The van der Waals surface area contributed by atoms with Crippen molar-refractivity contribution < 1.29 is 35.9 Å². The maximum atomic E-state index is 13.0. The van der Waals surface area contributed by atoms with Crippen molar-refractivity contribution in [1.82, 2.24) is 4.72 Å². The van der Waals surface area contributed by atoms with Gasteiger partial charge in [-0.1, -0.05) is 35.4 Å². The predicted octanol–water partition coefficient (Wildman–Crippen LogP) is 3.52. The van der Waals surface area contributed by atoms with Crippen molar-refractivity contribution in [2.75, 3.05) is 18.5 Å². The van der Waals surface area contributed by atoms with E-state index in [-0.39, 0.29) is 16.5 Å². The quantitative estimate of drug-likeness (QED) is 0.565. The Morgan fingerprint density at radius 3 is 2.35 bits per heavy atom. The number of anilines is 1. The number of para-hydroxylation sites is 1. The van der Waals surface area contributed by atoms with Gasteiger partial charge < -0.3 is 10.1 Å². The molecule has 168 valence electrons. The molecule has 0 unspecified atom stereocenters. The fourth-order valence-corrected chi connectivity index (χ4v) is 3.62. The van der Waals surface area contributed by atoms with Crippen LogP contribution in [0.25, 0.3) is 0 Å². The molecule has 2 rings (SSSR count). The van der Waals surface area contributed by atoms with E-state index < -0.39 is 52.4 Å². The number of sulfonamides is 1. The average molecular weight is 479 g/mol. The monoisotopic (exact) mass is 478 g/mol. The fraction of sp³-hybridized carbons (Fsp3) is 0.263. The van der Waals surface area contributed by atoms with Crippen LogP contribution in [0, 0.1) is 6.92 Å². The molecule has 7 nitrogen and oxygen atoms in total. The highest BCUT2D eigenvalue weighted by Crippen LogP contribution is 2.38. The molecule has 0 saturated carbocycles. The minimum absolute atomic E-state index is 0.0195. The topological polar surface area (TPSA) is 102 Å². The number of alkyl halides is 3. The number of esters is 1. The number of nitrogens with one attached hydrogen (secondary N) is 2. The molecule has 0 atom stereocenters. The molecule has 12 heteroatoms. The summed E-state index contributed by atoms with van der Waals surface area (Å²) in [6, 6.07) is 9.04. The van der Waals surface area contributed by atoms with Crippen LogP contribution in [0.4, 0.5) is 18.9 Å². The Kier molecular flexibility index (Phi) is 8.04. The van der Waals surface area contributed by atoms with Crippen LogP contribution >= 0.6 is 11.6 Å². The zero-order valence-corrected chi connectivity index (χ0v) is 17.7. The maximum absolute atomic E-state index is 13.0. The third-order valence-corrected chi connectivity index (χ3v) is 5.69. The summed E-state index contributed by atoms with van der Waals surface area (Å²) in [5.41, 5.74) is -0.922. The Morgan fingerprint density at radius 2 is 1.74 bits per heavy atom. The molecule has 0 aliphatic carbocycles. The lowest BCUT2D eigenvalue weighted by Gasteiger charge is -2.15. The molecule has 0 spiro atoms. The molecule has 1 amide bonds. The number of halogens is 4. The van der Waals surface area contributed by atoms with Crippen LogP contribution in [0.1, 0.15) is 17.5 Å². The Labute approximate surface area is 181 Å². The summed E-state index contributed by atoms with van der Waals surface area (Å²) in [4.78, 5) is 23.6. The Bertz CT molecular complexity index is 1060. The van der Waals surface area contributed by atoms with Gasteiger partial charge in [-0.2, -0.15) is 13.2 Å². The number of carbonyl (C=O) groups is 2. The number of hydrogen-bond acceptors (Lipinski definition) is 5. The molecule has 0 aliphatic rings. The highest BCUT2D eigenvalue weighted by atomic mass is 35.5. The van der Waals surface area contributed by atoms with Crippen LogP contribution in [0.3, 0.4) is 0 Å². The first kappa shape index (κ1) is 24.6. The van der Waals surface area contributed by atoms with Crippen molar-refractivity contribution in [3.63, 3.8) is 0 Å². The SMILES string of the molecule is Cc1ccc(S(=O)(=O)NCCC(=O)OCC(=O)Nc2c(Cl)cccc2C(F)(F)F)cc1. The van der Waals surface area contributed by atoms with Gasteiger partial charge in [0.15, 0.2) is 6.61 Å². The van der Waals surface area contributed by atoms with Gasteiger partial charge in [0.2, 0.25) is 10.0 Å². The van der Waals surface area contributed by atoms with Crippen LogP contribution in [0.15, 0.2) is 47.4 Å². The molecule has 31 heavy (non-hydrogen) atoms. The van der Waals surface area contributed by atoms with Crippen molar-refractivity contribution in [2.24, 2.45) is 0 Å². The third kappa shape index (κ3) is 7.23. The first-order valence-corrected chi connectivity index (χ1v) is 10.6. The van der Waals surface area contributed by atoms with Crippen LogP contribution < -0.4 is 10.0 Å². The normalized spacial score (nSPS) is 11.8. The standard InChI is InChI=1S/C19H18ClF3N2O5S/c1-12-5-7-13(8-6-12)31(28,29)24-10-9-17(27)30-11-16(26)25-18-14(19(21,22)23)3-2-4-15(18)20/h2-8,24H,9-11H2,1H3,(H,25,26). The maximum Gasteiger partial charge on any atom is 0.418 e. The predicted molar refractivity (Wildman–Crippen MR) is 107 cm³/mol. The number of ether oxygens (including phenoxy) is 1. The van der Waals surface area contributed by atoms with Gasteiger partial charge >= 0.3 is 12.1 Å². The number of rotatable bonds is 8. The lowest BCUT2D eigenvalue weighted by molar-refractivity contribution is -0.147. The second-order valence-corrected chi connectivity index (χ2v) is 8.50. The van der Waals surface area contributed by atoms with Crippen molar-refractivity contribution in [3.05, 3.63) is 58.6 Å². The molecular formula is C19H18ClF3N2O5S. The summed E-state index contributed by atoms with van der Waals surface area (Å²) in [6.07, 6.45) is -5.14. The lowest BCUT2D eigenvalue weighted by atomic mass is 10.1. The third-order valence-electron chi connectivity index (χ3n) is 3.90. The first-order chi connectivity index (χ1) is 14.4. The summed E-state index contributed by atoms with van der Waals surface area (Å²) < 4.78 is 70.2. The van der Waals surface area contributed by atoms with Crippen molar-refractivity contribution in [1.29, 1.82) is 0 Å². The van der Waals surface area contributed by atoms with Crippen LogP contribution in [0.5, 0.6) is 0 Å². The zero-order valence-electron chi connectivity index (χ0n) is 16.1. The second kappa shape index (κ2) is 10.1. The Morgan fingerprint density at radius 1 is 1.10 bits per heavy atom. The van der Waals surface area contributed by atoms with Gasteiger partial charge in [0, 0.05) is 6.54 Å². The highest BCUT2D eigenvalue weighted by Gasteiger charge is 2.34. The van der Waals surface area contributed by atoms with E-state index in [1.54, 1.807) is 19.1 Å². The van der Waals surface area contributed by atoms with Gasteiger partial charge in [-0.25, -0.2) is 13.1 Å². The van der Waals surface area contributed by atoms with Gasteiger partial charge in [0.1, 0.15) is 0 Å². The molecule has 0 bridgehead atoms. The summed E-state index contributed by atoms with van der Waals surface area (Å²) >= 11 is 5.72. The van der Waals surface area contributed by atoms with E-state index in [1.165, 1.54) is 18.2 Å². The van der Waals surface area contributed by atoms with Crippen molar-refractivity contribution >= 4 is 39.2 Å². The van der Waals surface area contributed by atoms with Crippen molar-refractivity contribution in [3.8, 4) is 0 Å². The van der Waals surface area contributed by atoms with Crippen LogP contribution in [-0.2, 0) is 30.5 Å². The Hall–Kier alpha value is -2.63. The molecule has 2 aromatic rings. The number of amides is 1. The lowest BCUT2D eigenvalue weighted by Crippen LogP contribution is -2.28. The molecule has 0 aliphatic heterocycles. The number of carbonyl (C=O) groups excluding carboxylic acids is 2.